The largest absolute Gasteiger partial charge is 0.481 e. The highest BCUT2D eigenvalue weighted by Crippen LogP contribution is 2.48. The molecule has 0 fully saturated rings. The van der Waals surface area contributed by atoms with Crippen molar-refractivity contribution < 1.29 is 19.4 Å². The van der Waals surface area contributed by atoms with Gasteiger partial charge >= 0.3 is 5.97 Å². The predicted octanol–water partition coefficient (Wildman–Crippen LogP) is 3.33. The van der Waals surface area contributed by atoms with Crippen LogP contribution in [0.15, 0.2) is 60.7 Å². The molecule has 0 aliphatic carbocycles. The van der Waals surface area contributed by atoms with Crippen LogP contribution in [0.3, 0.4) is 0 Å². The minimum Gasteiger partial charge on any atom is -0.481 e. The van der Waals surface area contributed by atoms with Gasteiger partial charge in [-0.2, -0.15) is 0 Å². The highest BCUT2D eigenvalue weighted by atomic mass is 31.2. The van der Waals surface area contributed by atoms with Crippen LogP contribution in [0.25, 0.3) is 0 Å². The van der Waals surface area contributed by atoms with Gasteiger partial charge in [-0.15, -0.1) is 0 Å². The molecule has 4 nitrogen and oxygen atoms in total. The molecule has 0 aromatic heterocycles. The van der Waals surface area contributed by atoms with E-state index in [2.05, 4.69) is 0 Å². The first-order valence-electron chi connectivity index (χ1n) is 6.60. The second kappa shape index (κ2) is 6.70. The zero-order valence-corrected chi connectivity index (χ0v) is 12.3. The van der Waals surface area contributed by atoms with Gasteiger partial charge in [0, 0.05) is 12.3 Å². The molecule has 2 aromatic carbocycles. The smallest absolute Gasteiger partial charge is 0.311 e. The highest BCUT2D eigenvalue weighted by molar-refractivity contribution is 7.57. The van der Waals surface area contributed by atoms with Crippen LogP contribution in [0.5, 0.6) is 0 Å². The van der Waals surface area contributed by atoms with Crippen LogP contribution in [0.2, 0.25) is 0 Å². The number of benzene rings is 2. The first-order chi connectivity index (χ1) is 9.98. The average molecular weight is 304 g/mol. The Morgan fingerprint density at radius 1 is 1.00 bits per heavy atom. The first kappa shape index (κ1) is 15.5. The van der Waals surface area contributed by atoms with Gasteiger partial charge in [0.05, 0.1) is 5.92 Å². The predicted molar refractivity (Wildman–Crippen MR) is 81.7 cm³/mol. The van der Waals surface area contributed by atoms with Crippen LogP contribution in [-0.4, -0.2) is 22.1 Å². The van der Waals surface area contributed by atoms with Crippen molar-refractivity contribution in [2.75, 3.05) is 6.16 Å². The molecule has 0 saturated heterocycles. The van der Waals surface area contributed by atoms with Crippen molar-refractivity contribution in [1.29, 1.82) is 0 Å². The standard InChI is InChI=1S/C16H17O4P/c17-16(18)15(14-9-5-2-6-10-14)12-21(19,20)11-13-7-3-1-4-8-13/h1-10,15H,11-12H2,(H,17,18)(H,19,20). The molecule has 0 aliphatic rings. The second-order valence-electron chi connectivity index (χ2n) is 4.97. The molecule has 2 unspecified atom stereocenters. The topological polar surface area (TPSA) is 74.6 Å². The Morgan fingerprint density at radius 3 is 2.05 bits per heavy atom. The maximum Gasteiger partial charge on any atom is 0.311 e. The summed E-state index contributed by atoms with van der Waals surface area (Å²) in [5.74, 6) is -2.05. The molecule has 21 heavy (non-hydrogen) atoms. The molecule has 110 valence electrons. The number of hydrogen-bond donors (Lipinski definition) is 2. The summed E-state index contributed by atoms with van der Waals surface area (Å²) in [4.78, 5) is 21.5. The van der Waals surface area contributed by atoms with Crippen molar-refractivity contribution in [2.45, 2.75) is 12.1 Å². The summed E-state index contributed by atoms with van der Waals surface area (Å²) < 4.78 is 12.4. The van der Waals surface area contributed by atoms with Crippen LogP contribution >= 0.6 is 7.37 Å². The minimum atomic E-state index is -3.57. The molecular formula is C16H17O4P. The molecule has 2 atom stereocenters. The number of carbonyl (C=O) groups is 1. The molecule has 0 bridgehead atoms. The molecule has 0 radical (unpaired) electrons. The molecule has 0 heterocycles. The minimum absolute atomic E-state index is 0.00947. The first-order valence-corrected chi connectivity index (χ1v) is 8.63. The summed E-state index contributed by atoms with van der Waals surface area (Å²) in [6.07, 6.45) is -0.272. The molecule has 0 amide bonds. The van der Waals surface area contributed by atoms with Gasteiger partial charge < -0.3 is 10.00 Å². The third-order valence-corrected chi connectivity index (χ3v) is 5.04. The fourth-order valence-corrected chi connectivity index (χ4v) is 4.08. The van der Waals surface area contributed by atoms with Crippen LogP contribution in [0.4, 0.5) is 0 Å². The van der Waals surface area contributed by atoms with Crippen molar-refractivity contribution in [2.24, 2.45) is 0 Å². The van der Waals surface area contributed by atoms with E-state index in [0.29, 0.717) is 5.56 Å². The van der Waals surface area contributed by atoms with E-state index in [0.717, 1.165) is 5.56 Å². The Balaban J connectivity index is 2.16. The van der Waals surface area contributed by atoms with E-state index in [1.54, 1.807) is 54.6 Å². The summed E-state index contributed by atoms with van der Waals surface area (Å²) in [6, 6.07) is 17.5. The molecule has 0 aliphatic heterocycles. The van der Waals surface area contributed by atoms with Crippen LogP contribution in [0, 0.1) is 0 Å². The number of aliphatic carboxylic acids is 1. The lowest BCUT2D eigenvalue weighted by atomic mass is 10.0. The lowest BCUT2D eigenvalue weighted by Crippen LogP contribution is -2.16. The lowest BCUT2D eigenvalue weighted by molar-refractivity contribution is -0.138. The van der Waals surface area contributed by atoms with E-state index in [4.69, 9.17) is 0 Å². The Labute approximate surface area is 123 Å². The van der Waals surface area contributed by atoms with Crippen molar-refractivity contribution in [3.63, 3.8) is 0 Å². The normalized spacial score (nSPS) is 15.1. The molecule has 5 heteroatoms. The van der Waals surface area contributed by atoms with Gasteiger partial charge in [-0.25, -0.2) is 0 Å². The number of carboxylic acids is 1. The average Bonchev–Trinajstić information content (AvgIpc) is 2.46. The van der Waals surface area contributed by atoms with E-state index in [-0.39, 0.29) is 12.3 Å². The molecular weight excluding hydrogens is 287 g/mol. The molecule has 2 N–H and O–H groups in total. The third-order valence-electron chi connectivity index (χ3n) is 3.24. The third kappa shape index (κ3) is 4.55. The Hall–Kier alpha value is -1.90. The van der Waals surface area contributed by atoms with Gasteiger partial charge in [0.15, 0.2) is 0 Å². The second-order valence-corrected chi connectivity index (χ2v) is 7.35. The molecule has 0 saturated carbocycles. The number of hydrogen-bond acceptors (Lipinski definition) is 2. The molecule has 2 rings (SSSR count). The number of rotatable bonds is 6. The van der Waals surface area contributed by atoms with Gasteiger partial charge in [0.1, 0.15) is 0 Å². The van der Waals surface area contributed by atoms with Crippen LogP contribution in [-0.2, 0) is 15.5 Å². The maximum atomic E-state index is 12.4. The Morgan fingerprint density at radius 2 is 1.52 bits per heavy atom. The Bertz CT molecular complexity index is 640. The molecule has 2 aromatic rings. The van der Waals surface area contributed by atoms with Crippen molar-refractivity contribution >= 4 is 13.3 Å². The van der Waals surface area contributed by atoms with Crippen molar-refractivity contribution in [1.82, 2.24) is 0 Å². The van der Waals surface area contributed by atoms with Crippen molar-refractivity contribution in [3.8, 4) is 0 Å². The quantitative estimate of drug-likeness (QED) is 0.803. The Kier molecular flexibility index (Phi) is 4.94. The zero-order chi connectivity index (χ0) is 15.3. The summed E-state index contributed by atoms with van der Waals surface area (Å²) in [7, 11) is -3.57. The van der Waals surface area contributed by atoms with E-state index < -0.39 is 19.3 Å². The fraction of sp³-hybridized carbons (Fsp3) is 0.188. The monoisotopic (exact) mass is 304 g/mol. The zero-order valence-electron chi connectivity index (χ0n) is 11.4. The van der Waals surface area contributed by atoms with E-state index in [1.807, 2.05) is 6.07 Å². The van der Waals surface area contributed by atoms with Gasteiger partial charge in [0.25, 0.3) is 0 Å². The van der Waals surface area contributed by atoms with Gasteiger partial charge in [-0.1, -0.05) is 60.7 Å². The van der Waals surface area contributed by atoms with Crippen molar-refractivity contribution in [3.05, 3.63) is 71.8 Å². The van der Waals surface area contributed by atoms with Crippen LogP contribution in [0.1, 0.15) is 17.0 Å². The highest BCUT2D eigenvalue weighted by Gasteiger charge is 2.30. The fourth-order valence-electron chi connectivity index (χ4n) is 2.23. The van der Waals surface area contributed by atoms with E-state index in [1.165, 1.54) is 0 Å². The summed E-state index contributed by atoms with van der Waals surface area (Å²) in [5, 5.41) is 9.32. The summed E-state index contributed by atoms with van der Waals surface area (Å²) in [5.41, 5.74) is 1.29. The van der Waals surface area contributed by atoms with E-state index in [9.17, 15) is 19.4 Å². The summed E-state index contributed by atoms with van der Waals surface area (Å²) >= 11 is 0. The lowest BCUT2D eigenvalue weighted by Gasteiger charge is -2.17. The van der Waals surface area contributed by atoms with Gasteiger partial charge in [0.2, 0.25) is 7.37 Å². The molecule has 0 spiro atoms. The van der Waals surface area contributed by atoms with Gasteiger partial charge in [-0.05, 0) is 11.1 Å². The van der Waals surface area contributed by atoms with Crippen LogP contribution < -0.4 is 0 Å². The summed E-state index contributed by atoms with van der Waals surface area (Å²) in [6.45, 7) is 0. The van der Waals surface area contributed by atoms with E-state index >= 15 is 0 Å². The SMILES string of the molecule is O=C(O)C(CP(=O)(O)Cc1ccccc1)c1ccccc1. The van der Waals surface area contributed by atoms with Gasteiger partial charge in [-0.3, -0.25) is 9.36 Å². The maximum absolute atomic E-state index is 12.4. The number of carboxylic acid groups (broad SMARTS) is 1.